The lowest BCUT2D eigenvalue weighted by Gasteiger charge is -2.36. The Balaban J connectivity index is 2.21. The van der Waals surface area contributed by atoms with Gasteiger partial charge in [-0.05, 0) is 44.7 Å². The average Bonchev–Trinajstić information content (AvgIpc) is 3.11. The summed E-state index contributed by atoms with van der Waals surface area (Å²) < 4.78 is 16.5. The quantitative estimate of drug-likeness (QED) is 0.540. The predicted molar refractivity (Wildman–Crippen MR) is 104 cm³/mol. The molecule has 27 heavy (non-hydrogen) atoms. The van der Waals surface area contributed by atoms with E-state index < -0.39 is 0 Å². The maximum atomic E-state index is 12.8. The summed E-state index contributed by atoms with van der Waals surface area (Å²) in [5.74, 6) is -0.161. The first-order valence-corrected chi connectivity index (χ1v) is 9.70. The number of nitrogens with zero attached hydrogens (tertiary/aromatic N) is 1. The molecule has 146 valence electrons. The van der Waals surface area contributed by atoms with Gasteiger partial charge in [-0.15, -0.1) is 0 Å². The third-order valence-corrected chi connectivity index (χ3v) is 5.16. The van der Waals surface area contributed by atoms with Gasteiger partial charge in [-0.1, -0.05) is 6.92 Å². The summed E-state index contributed by atoms with van der Waals surface area (Å²) in [5, 5.41) is 0.638. The number of furan rings is 1. The van der Waals surface area contributed by atoms with Crippen molar-refractivity contribution in [2.75, 3.05) is 31.3 Å². The fraction of sp³-hybridized carbons (Fsp3) is 0.524. The van der Waals surface area contributed by atoms with Gasteiger partial charge >= 0.3 is 5.97 Å². The number of benzene rings is 1. The molecule has 6 heteroatoms. The second kappa shape index (κ2) is 8.57. The van der Waals surface area contributed by atoms with Crippen LogP contribution in [0.2, 0.25) is 0 Å². The summed E-state index contributed by atoms with van der Waals surface area (Å²) in [6, 6.07) is 3.94. The van der Waals surface area contributed by atoms with E-state index in [1.54, 1.807) is 13.0 Å². The van der Waals surface area contributed by atoms with E-state index in [4.69, 9.17) is 13.9 Å². The highest BCUT2D eigenvalue weighted by atomic mass is 16.5. The van der Waals surface area contributed by atoms with Crippen LogP contribution in [0.3, 0.4) is 0 Å². The van der Waals surface area contributed by atoms with Crippen molar-refractivity contribution in [2.45, 2.75) is 46.1 Å². The SMILES string of the molecule is CCOC(=O)c1c(CC)c(N(CC)C2CCOCC2)cc2oc(C=O)cc12. The zero-order valence-corrected chi connectivity index (χ0v) is 16.2. The van der Waals surface area contributed by atoms with Crippen LogP contribution in [0, 0.1) is 0 Å². The van der Waals surface area contributed by atoms with Crippen LogP contribution in [0.25, 0.3) is 11.0 Å². The van der Waals surface area contributed by atoms with Gasteiger partial charge in [0.05, 0.1) is 12.2 Å². The molecular formula is C21H27NO5. The van der Waals surface area contributed by atoms with E-state index in [1.165, 1.54) is 0 Å². The molecule has 1 aromatic carbocycles. The van der Waals surface area contributed by atoms with E-state index in [-0.39, 0.29) is 11.7 Å². The molecule has 2 aromatic rings. The fourth-order valence-corrected chi connectivity index (χ4v) is 3.96. The summed E-state index contributed by atoms with van der Waals surface area (Å²) in [6.45, 7) is 8.53. The summed E-state index contributed by atoms with van der Waals surface area (Å²) >= 11 is 0. The number of hydrogen-bond donors (Lipinski definition) is 0. The number of carbonyl (C=O) groups is 2. The Bertz CT molecular complexity index is 820. The summed E-state index contributed by atoms with van der Waals surface area (Å²) in [7, 11) is 0. The topological polar surface area (TPSA) is 69.0 Å². The zero-order chi connectivity index (χ0) is 19.4. The molecule has 0 unspecified atom stereocenters. The molecule has 0 saturated carbocycles. The van der Waals surface area contributed by atoms with Crippen LogP contribution in [-0.4, -0.2) is 44.7 Å². The Morgan fingerprint density at radius 2 is 2.00 bits per heavy atom. The highest BCUT2D eigenvalue weighted by Gasteiger charge is 2.28. The van der Waals surface area contributed by atoms with Crippen molar-refractivity contribution in [3.63, 3.8) is 0 Å². The first-order valence-electron chi connectivity index (χ1n) is 9.70. The number of aldehydes is 1. The smallest absolute Gasteiger partial charge is 0.339 e. The molecule has 0 amide bonds. The van der Waals surface area contributed by atoms with Crippen molar-refractivity contribution in [1.29, 1.82) is 0 Å². The second-order valence-corrected chi connectivity index (χ2v) is 6.63. The van der Waals surface area contributed by atoms with Crippen LogP contribution < -0.4 is 4.90 Å². The molecule has 6 nitrogen and oxygen atoms in total. The maximum Gasteiger partial charge on any atom is 0.339 e. The fourth-order valence-electron chi connectivity index (χ4n) is 3.96. The lowest BCUT2D eigenvalue weighted by molar-refractivity contribution is 0.0527. The summed E-state index contributed by atoms with van der Waals surface area (Å²) in [4.78, 5) is 26.3. The maximum absolute atomic E-state index is 12.8. The van der Waals surface area contributed by atoms with Gasteiger partial charge in [0, 0.05) is 42.9 Å². The van der Waals surface area contributed by atoms with Gasteiger partial charge in [-0.2, -0.15) is 0 Å². The van der Waals surface area contributed by atoms with Gasteiger partial charge in [0.15, 0.2) is 12.0 Å². The molecule has 0 spiro atoms. The Morgan fingerprint density at radius 3 is 2.59 bits per heavy atom. The first kappa shape index (κ1) is 19.4. The monoisotopic (exact) mass is 373 g/mol. The third kappa shape index (κ3) is 3.72. The molecule has 3 rings (SSSR count). The largest absolute Gasteiger partial charge is 0.462 e. The number of anilines is 1. The molecule has 1 aliphatic rings. The minimum absolute atomic E-state index is 0.212. The second-order valence-electron chi connectivity index (χ2n) is 6.63. The minimum Gasteiger partial charge on any atom is -0.462 e. The van der Waals surface area contributed by atoms with Crippen LogP contribution in [0.4, 0.5) is 5.69 Å². The van der Waals surface area contributed by atoms with Crippen LogP contribution in [0.5, 0.6) is 0 Å². The van der Waals surface area contributed by atoms with Crippen molar-refractivity contribution in [3.05, 3.63) is 29.0 Å². The van der Waals surface area contributed by atoms with Gasteiger partial charge in [0.2, 0.25) is 0 Å². The number of esters is 1. The summed E-state index contributed by atoms with van der Waals surface area (Å²) in [5.41, 5.74) is 2.97. The molecule has 1 aliphatic heterocycles. The molecule has 2 heterocycles. The van der Waals surface area contributed by atoms with Gasteiger partial charge in [-0.3, -0.25) is 4.79 Å². The molecule has 0 atom stereocenters. The lowest BCUT2D eigenvalue weighted by atomic mass is 9.96. The van der Waals surface area contributed by atoms with Crippen molar-refractivity contribution in [3.8, 4) is 0 Å². The minimum atomic E-state index is -0.373. The van der Waals surface area contributed by atoms with Crippen LogP contribution >= 0.6 is 0 Å². The molecule has 1 aromatic heterocycles. The van der Waals surface area contributed by atoms with Gasteiger partial charge < -0.3 is 18.8 Å². The third-order valence-electron chi connectivity index (χ3n) is 5.16. The molecule has 1 fully saturated rings. The molecule has 0 radical (unpaired) electrons. The van der Waals surface area contributed by atoms with Crippen molar-refractivity contribution < 1.29 is 23.5 Å². The van der Waals surface area contributed by atoms with Crippen LogP contribution in [0.15, 0.2) is 16.5 Å². The predicted octanol–water partition coefficient (Wildman–Crippen LogP) is 3.99. The van der Waals surface area contributed by atoms with E-state index in [0.717, 1.165) is 43.9 Å². The standard InChI is InChI=1S/C21H27NO5/c1-4-16-18(22(5-2)14-7-9-25-10-8-14)12-19-17(11-15(13-23)27-19)20(16)21(24)26-6-3/h11-14H,4-10H2,1-3H3. The van der Waals surface area contributed by atoms with Gasteiger partial charge in [0.25, 0.3) is 0 Å². The molecule has 0 N–H and O–H groups in total. The van der Waals surface area contributed by atoms with Gasteiger partial charge in [-0.25, -0.2) is 4.79 Å². The highest BCUT2D eigenvalue weighted by Crippen LogP contribution is 2.36. The van der Waals surface area contributed by atoms with Crippen molar-refractivity contribution in [1.82, 2.24) is 0 Å². The van der Waals surface area contributed by atoms with Crippen molar-refractivity contribution in [2.24, 2.45) is 0 Å². The summed E-state index contributed by atoms with van der Waals surface area (Å²) in [6.07, 6.45) is 3.24. The zero-order valence-electron chi connectivity index (χ0n) is 16.2. The van der Waals surface area contributed by atoms with Crippen LogP contribution in [-0.2, 0) is 15.9 Å². The van der Waals surface area contributed by atoms with Crippen molar-refractivity contribution >= 4 is 28.9 Å². The normalized spacial score (nSPS) is 15.1. The molecular weight excluding hydrogens is 346 g/mol. The number of rotatable bonds is 7. The van der Waals surface area contributed by atoms with Gasteiger partial charge in [0.1, 0.15) is 5.58 Å². The first-order chi connectivity index (χ1) is 13.1. The number of fused-ring (bicyclic) bond motifs is 1. The number of ether oxygens (including phenoxy) is 2. The van der Waals surface area contributed by atoms with E-state index in [9.17, 15) is 9.59 Å². The molecule has 0 aliphatic carbocycles. The Hall–Kier alpha value is -2.34. The Labute approximate surface area is 159 Å². The molecule has 1 saturated heterocycles. The Kier molecular flexibility index (Phi) is 6.16. The number of carbonyl (C=O) groups excluding carboxylic acids is 2. The van der Waals surface area contributed by atoms with E-state index in [0.29, 0.717) is 41.9 Å². The number of hydrogen-bond acceptors (Lipinski definition) is 6. The highest BCUT2D eigenvalue weighted by molar-refractivity contribution is 6.08. The van der Waals surface area contributed by atoms with Crippen LogP contribution in [0.1, 0.15) is 60.1 Å². The van der Waals surface area contributed by atoms with E-state index in [2.05, 4.69) is 11.8 Å². The average molecular weight is 373 g/mol. The van der Waals surface area contributed by atoms with E-state index >= 15 is 0 Å². The Morgan fingerprint density at radius 1 is 1.26 bits per heavy atom. The lowest BCUT2D eigenvalue weighted by Crippen LogP contribution is -2.40. The van der Waals surface area contributed by atoms with E-state index in [1.807, 2.05) is 13.0 Å². The molecule has 0 bridgehead atoms.